The van der Waals surface area contributed by atoms with E-state index in [1.807, 2.05) is 60.4 Å². The number of hydrogen-bond donors (Lipinski definition) is 0. The summed E-state index contributed by atoms with van der Waals surface area (Å²) in [6.07, 6.45) is 7.42. The minimum atomic E-state index is -0.0152. The smallest absolute Gasteiger partial charge is 0.231 e. The second kappa shape index (κ2) is 8.74. The fourth-order valence-electron chi connectivity index (χ4n) is 3.98. The normalized spacial score (nSPS) is 13.3. The first-order chi connectivity index (χ1) is 16.1. The molecule has 0 spiro atoms. The third kappa shape index (κ3) is 4.28. The van der Waals surface area contributed by atoms with Crippen molar-refractivity contribution in [2.24, 2.45) is 0 Å². The van der Waals surface area contributed by atoms with Crippen molar-refractivity contribution in [1.82, 2.24) is 9.97 Å². The molecular formula is C27H23N3O3. The number of methoxy groups -OCH3 is 1. The first-order valence-corrected chi connectivity index (χ1v) is 10.7. The van der Waals surface area contributed by atoms with Gasteiger partial charge in [0, 0.05) is 18.0 Å². The number of hydrogen-bond acceptors (Lipinski definition) is 5. The third-order valence-corrected chi connectivity index (χ3v) is 5.70. The van der Waals surface area contributed by atoms with Crippen LogP contribution < -0.4 is 9.64 Å². The molecule has 2 aromatic carbocycles. The lowest BCUT2D eigenvalue weighted by Crippen LogP contribution is -2.30. The Hall–Kier alpha value is -4.19. The van der Waals surface area contributed by atoms with Crippen LogP contribution in [0.2, 0.25) is 0 Å². The van der Waals surface area contributed by atoms with Gasteiger partial charge in [0.1, 0.15) is 11.5 Å². The molecule has 0 unspecified atom stereocenters. The number of oxazole rings is 1. The van der Waals surface area contributed by atoms with Crippen LogP contribution >= 0.6 is 0 Å². The van der Waals surface area contributed by atoms with E-state index in [4.69, 9.17) is 9.15 Å². The molecule has 3 heterocycles. The van der Waals surface area contributed by atoms with Gasteiger partial charge < -0.3 is 14.1 Å². The summed E-state index contributed by atoms with van der Waals surface area (Å²) in [5.74, 6) is 1.96. The monoisotopic (exact) mass is 437 g/mol. The highest BCUT2D eigenvalue weighted by Crippen LogP contribution is 2.36. The average Bonchev–Trinajstić information content (AvgIpc) is 3.24. The number of ether oxygens (including phenoxy) is 1. The lowest BCUT2D eigenvalue weighted by atomic mass is 10.0. The Morgan fingerprint density at radius 2 is 1.82 bits per heavy atom. The van der Waals surface area contributed by atoms with E-state index in [0.29, 0.717) is 18.2 Å². The fraction of sp³-hybridized carbons (Fsp3) is 0.148. The van der Waals surface area contributed by atoms with Gasteiger partial charge in [-0.3, -0.25) is 9.78 Å². The number of anilines is 1. The Bertz CT molecular complexity index is 1320. The quantitative estimate of drug-likeness (QED) is 0.411. The lowest BCUT2D eigenvalue weighted by Gasteiger charge is -2.24. The number of nitrogens with zero attached hydrogens (tertiary/aromatic N) is 3. The summed E-state index contributed by atoms with van der Waals surface area (Å²) in [5.41, 5.74) is 5.64. The molecule has 164 valence electrons. The van der Waals surface area contributed by atoms with Crippen molar-refractivity contribution < 1.29 is 13.9 Å². The fourth-order valence-corrected chi connectivity index (χ4v) is 3.98. The molecule has 6 heteroatoms. The summed E-state index contributed by atoms with van der Waals surface area (Å²) < 4.78 is 11.0. The van der Waals surface area contributed by atoms with Crippen molar-refractivity contribution in [3.05, 3.63) is 96.0 Å². The molecule has 6 nitrogen and oxygen atoms in total. The summed E-state index contributed by atoms with van der Waals surface area (Å²) in [4.78, 5) is 23.8. The van der Waals surface area contributed by atoms with E-state index in [1.165, 1.54) is 0 Å². The summed E-state index contributed by atoms with van der Waals surface area (Å²) in [6.45, 7) is 2.29. The number of rotatable bonds is 5. The van der Waals surface area contributed by atoms with Crippen LogP contribution in [0.25, 0.3) is 22.8 Å². The van der Waals surface area contributed by atoms with Crippen molar-refractivity contribution in [1.29, 1.82) is 0 Å². The van der Waals surface area contributed by atoms with Gasteiger partial charge in [-0.1, -0.05) is 24.3 Å². The van der Waals surface area contributed by atoms with E-state index in [0.717, 1.165) is 39.3 Å². The van der Waals surface area contributed by atoms with Crippen LogP contribution in [0.5, 0.6) is 5.75 Å². The highest BCUT2D eigenvalue weighted by molar-refractivity contribution is 6.06. The molecule has 33 heavy (non-hydrogen) atoms. The molecule has 0 fully saturated rings. The van der Waals surface area contributed by atoms with Crippen molar-refractivity contribution >= 4 is 23.2 Å². The molecule has 0 N–H and O–H groups in total. The van der Waals surface area contributed by atoms with Gasteiger partial charge in [0.05, 0.1) is 32.0 Å². The van der Waals surface area contributed by atoms with Crippen LogP contribution in [0.1, 0.15) is 29.2 Å². The average molecular weight is 437 g/mol. The first-order valence-electron chi connectivity index (χ1n) is 10.7. The van der Waals surface area contributed by atoms with Crippen LogP contribution in [0, 0.1) is 6.92 Å². The van der Waals surface area contributed by atoms with Crippen LogP contribution in [-0.4, -0.2) is 23.0 Å². The van der Waals surface area contributed by atoms with Gasteiger partial charge in [-0.05, 0) is 65.6 Å². The molecule has 5 rings (SSSR count). The second-order valence-electron chi connectivity index (χ2n) is 7.96. The van der Waals surface area contributed by atoms with Gasteiger partial charge in [0.2, 0.25) is 11.8 Å². The Balaban J connectivity index is 1.59. The van der Waals surface area contributed by atoms with E-state index >= 15 is 0 Å². The number of carbonyl (C=O) groups excluding carboxylic acids is 1. The number of fused-ring (bicyclic) bond motifs is 1. The van der Waals surface area contributed by atoms with Crippen LogP contribution in [0.4, 0.5) is 5.69 Å². The van der Waals surface area contributed by atoms with Gasteiger partial charge in [-0.15, -0.1) is 0 Å². The molecule has 0 saturated heterocycles. The van der Waals surface area contributed by atoms with Gasteiger partial charge in [0.25, 0.3) is 0 Å². The molecular weight excluding hydrogens is 414 g/mol. The van der Waals surface area contributed by atoms with E-state index < -0.39 is 0 Å². The number of pyridine rings is 1. The molecule has 2 aromatic heterocycles. The highest BCUT2D eigenvalue weighted by Gasteiger charge is 2.26. The lowest BCUT2D eigenvalue weighted by molar-refractivity contribution is -0.117. The molecule has 4 aromatic rings. The number of aryl methyl sites for hydroxylation is 1. The summed E-state index contributed by atoms with van der Waals surface area (Å²) in [6, 6.07) is 17.9. The molecule has 0 atom stereocenters. The van der Waals surface area contributed by atoms with Crippen molar-refractivity contribution in [3.63, 3.8) is 0 Å². The minimum Gasteiger partial charge on any atom is -0.497 e. The zero-order chi connectivity index (χ0) is 22.8. The number of amides is 1. The third-order valence-electron chi connectivity index (χ3n) is 5.70. The number of carbonyl (C=O) groups is 1. The molecule has 1 amide bonds. The molecule has 0 saturated carbocycles. The van der Waals surface area contributed by atoms with Crippen LogP contribution in [-0.2, 0) is 11.3 Å². The summed E-state index contributed by atoms with van der Waals surface area (Å²) >= 11 is 0. The molecule has 0 radical (unpaired) electrons. The first kappa shape index (κ1) is 20.7. The van der Waals surface area contributed by atoms with E-state index in [9.17, 15) is 4.79 Å². The Labute approximate surface area is 192 Å². The molecule has 0 aliphatic carbocycles. The van der Waals surface area contributed by atoms with Gasteiger partial charge in [-0.2, -0.15) is 0 Å². The topological polar surface area (TPSA) is 68.5 Å². The van der Waals surface area contributed by atoms with Gasteiger partial charge >= 0.3 is 0 Å². The molecule has 1 aliphatic heterocycles. The summed E-state index contributed by atoms with van der Waals surface area (Å²) in [5, 5.41) is 0. The number of aromatic nitrogens is 2. The number of benzene rings is 2. The zero-order valence-corrected chi connectivity index (χ0v) is 18.5. The van der Waals surface area contributed by atoms with E-state index in [1.54, 1.807) is 25.7 Å². The van der Waals surface area contributed by atoms with E-state index in [-0.39, 0.29) is 12.3 Å². The van der Waals surface area contributed by atoms with Crippen molar-refractivity contribution in [2.45, 2.75) is 19.9 Å². The van der Waals surface area contributed by atoms with Crippen LogP contribution in [0.15, 0.2) is 77.6 Å². The largest absolute Gasteiger partial charge is 0.497 e. The predicted octanol–water partition coefficient (Wildman–Crippen LogP) is 5.53. The van der Waals surface area contributed by atoms with Gasteiger partial charge in [0.15, 0.2) is 0 Å². The Morgan fingerprint density at radius 3 is 2.52 bits per heavy atom. The SMILES string of the molecule is COc1ccc(CN2C(=O)CC(c3ncc(C)o3)=Cc3ccc(-c4ccncc4)cc32)cc1. The van der Waals surface area contributed by atoms with Crippen molar-refractivity contribution in [3.8, 4) is 16.9 Å². The highest BCUT2D eigenvalue weighted by atomic mass is 16.5. The standard InChI is InChI=1S/C27H23N3O3/c1-18-16-29-27(33-18)23-13-22-6-5-21(20-9-11-28-12-10-20)14-25(22)30(26(31)15-23)17-19-3-7-24(32-2)8-4-19/h3-14,16H,15,17H2,1-2H3. The Morgan fingerprint density at radius 1 is 1.03 bits per heavy atom. The molecule has 1 aliphatic rings. The predicted molar refractivity (Wildman–Crippen MR) is 128 cm³/mol. The van der Waals surface area contributed by atoms with Crippen molar-refractivity contribution in [2.75, 3.05) is 12.0 Å². The maximum Gasteiger partial charge on any atom is 0.231 e. The van der Waals surface area contributed by atoms with Crippen LogP contribution in [0.3, 0.4) is 0 Å². The summed E-state index contributed by atoms with van der Waals surface area (Å²) in [7, 11) is 1.64. The van der Waals surface area contributed by atoms with Gasteiger partial charge in [-0.25, -0.2) is 4.98 Å². The maximum atomic E-state index is 13.5. The zero-order valence-electron chi connectivity index (χ0n) is 18.5. The minimum absolute atomic E-state index is 0.0152. The second-order valence-corrected chi connectivity index (χ2v) is 7.96. The Kier molecular flexibility index (Phi) is 5.48. The van der Waals surface area contributed by atoms with E-state index in [2.05, 4.69) is 22.1 Å². The molecule has 0 bridgehead atoms. The maximum absolute atomic E-state index is 13.5.